The molecule has 0 spiro atoms. The first-order valence-corrected chi connectivity index (χ1v) is 21.2. The summed E-state index contributed by atoms with van der Waals surface area (Å²) >= 11 is 0. The molecule has 0 N–H and O–H groups in total. The molecule has 2 aliphatic heterocycles. The molecule has 0 amide bonds. The summed E-state index contributed by atoms with van der Waals surface area (Å²) in [7, 11) is -0.210. The molecule has 1 aliphatic carbocycles. The second-order valence-corrected chi connectivity index (χ2v) is 18.1. The third kappa shape index (κ3) is 4.55. The van der Waals surface area contributed by atoms with Gasteiger partial charge in [-0.05, 0) is 82.6 Å². The fourth-order valence-electron chi connectivity index (χ4n) is 8.94. The number of furan rings is 1. The summed E-state index contributed by atoms with van der Waals surface area (Å²) in [5, 5.41) is 5.61. The van der Waals surface area contributed by atoms with Gasteiger partial charge in [0.25, 0.3) is 0 Å². The smallest absolute Gasteiger partial charge is 0.221 e. The monoisotopic (exact) mass is 667 g/mol. The number of fused-ring (bicyclic) bond motifs is 10. The van der Waals surface area contributed by atoms with E-state index in [1.807, 2.05) is 0 Å². The molecule has 1 radical (unpaired) electrons. The number of nitrogens with zero attached hydrogens (tertiary/aromatic N) is 1. The third-order valence-electron chi connectivity index (χ3n) is 11.2. The standard InChI is InChI=1S/C45H38NOPSi/c1-2-3-4-8-20-36-34-24-26-41-43(36)39(28-47-41)45(29-14-6-5-7-15-29)49-48-42-22-12-11-19-35(42)37-21-13-16-30-27-38-32-18-10-9-17-31(32)33(34)23-25-40(38)46(48)44(30)37/h5-7,9-19,21-22,24,26-28,33H,2-4,8,20,23,25H2,1H3/q+1. The van der Waals surface area contributed by atoms with Crippen molar-refractivity contribution in [2.45, 2.75) is 57.8 Å². The SMILES string of the molecule is CCCCCCc1c2ccc3occ(c13)C(c1ccccc1)=[Si]P1c3ccccc3-c3cccc4cc5c([n+]1c34)CCC2c1ccccc1-5. The van der Waals surface area contributed by atoms with Gasteiger partial charge in [-0.25, -0.2) is 0 Å². The van der Waals surface area contributed by atoms with E-state index in [0.29, 0.717) is 14.7 Å². The Balaban J connectivity index is 1.39. The van der Waals surface area contributed by atoms with Crippen molar-refractivity contribution in [1.29, 1.82) is 0 Å². The normalized spacial score (nSPS) is 17.0. The minimum atomic E-state index is -0.780. The van der Waals surface area contributed by atoms with Crippen LogP contribution >= 0.6 is 7.62 Å². The Morgan fingerprint density at radius 3 is 2.45 bits per heavy atom. The summed E-state index contributed by atoms with van der Waals surface area (Å²) in [6.07, 6.45) is 10.3. The molecular weight excluding hydrogens is 630 g/mol. The number of pyridine rings is 1. The Labute approximate surface area is 291 Å². The molecular formula is C45H38NOPSi+. The van der Waals surface area contributed by atoms with Crippen molar-refractivity contribution < 1.29 is 8.75 Å². The Bertz CT molecular complexity index is 2460. The molecule has 3 aliphatic rings. The number of rotatable bonds is 6. The first-order valence-electron chi connectivity index (χ1n) is 18.0. The lowest BCUT2D eigenvalue weighted by Gasteiger charge is -2.25. The number of aryl methyl sites for hydroxylation is 1. The van der Waals surface area contributed by atoms with Gasteiger partial charge >= 0.3 is 0 Å². The van der Waals surface area contributed by atoms with E-state index < -0.39 is 7.62 Å². The van der Waals surface area contributed by atoms with Gasteiger partial charge < -0.3 is 4.42 Å². The molecule has 4 heterocycles. The highest BCUT2D eigenvalue weighted by Gasteiger charge is 2.41. The fourth-order valence-corrected chi connectivity index (χ4v) is 15.0. The Morgan fingerprint density at radius 1 is 0.735 bits per heavy atom. The maximum Gasteiger partial charge on any atom is 0.221 e. The van der Waals surface area contributed by atoms with Crippen LogP contribution in [0.4, 0.5) is 0 Å². The van der Waals surface area contributed by atoms with Gasteiger partial charge in [0, 0.05) is 45.1 Å². The topological polar surface area (TPSA) is 17.0 Å². The third-order valence-corrected chi connectivity index (χ3v) is 16.5. The zero-order valence-corrected chi connectivity index (χ0v) is 29.8. The van der Waals surface area contributed by atoms with Gasteiger partial charge in [0.1, 0.15) is 5.58 Å². The van der Waals surface area contributed by atoms with Crippen LogP contribution in [0, 0.1) is 0 Å². The summed E-state index contributed by atoms with van der Waals surface area (Å²) < 4.78 is 9.43. The first-order chi connectivity index (χ1) is 24.3. The molecule has 0 saturated carbocycles. The largest absolute Gasteiger partial charge is 0.464 e. The van der Waals surface area contributed by atoms with E-state index in [1.54, 1.807) is 0 Å². The molecule has 2 atom stereocenters. The molecule has 2 unspecified atom stereocenters. The minimum Gasteiger partial charge on any atom is -0.464 e. The van der Waals surface area contributed by atoms with E-state index in [2.05, 4.69) is 133 Å². The fraction of sp³-hybridized carbons (Fsp3) is 0.200. The number of hydrogen-bond acceptors (Lipinski definition) is 1. The van der Waals surface area contributed by atoms with Gasteiger partial charge in [0.2, 0.25) is 13.1 Å². The molecule has 237 valence electrons. The van der Waals surface area contributed by atoms with Gasteiger partial charge in [0.15, 0.2) is 14.5 Å². The molecule has 2 aromatic heterocycles. The van der Waals surface area contributed by atoms with Crippen molar-refractivity contribution in [3.05, 3.63) is 155 Å². The highest BCUT2D eigenvalue weighted by molar-refractivity contribution is 7.87. The molecule has 4 bridgehead atoms. The second kappa shape index (κ2) is 11.9. The predicted octanol–water partition coefficient (Wildman–Crippen LogP) is 10.5. The maximum atomic E-state index is 6.57. The van der Waals surface area contributed by atoms with E-state index >= 15 is 0 Å². The predicted molar refractivity (Wildman–Crippen MR) is 207 cm³/mol. The highest BCUT2D eigenvalue weighted by atomic mass is 31.4. The summed E-state index contributed by atoms with van der Waals surface area (Å²) in [5.74, 6) is 0.316. The van der Waals surface area contributed by atoms with Crippen LogP contribution in [-0.4, -0.2) is 14.0 Å². The van der Waals surface area contributed by atoms with E-state index in [-0.39, 0.29) is 0 Å². The van der Waals surface area contributed by atoms with E-state index in [9.17, 15) is 0 Å². The van der Waals surface area contributed by atoms with Crippen molar-refractivity contribution in [3.8, 4) is 22.3 Å². The average molecular weight is 668 g/mol. The van der Waals surface area contributed by atoms with Crippen LogP contribution in [0.25, 0.3) is 44.1 Å². The summed E-state index contributed by atoms with van der Waals surface area (Å²) in [5.41, 5.74) is 16.6. The molecule has 2 nitrogen and oxygen atoms in total. The summed E-state index contributed by atoms with van der Waals surface area (Å²) in [6.45, 7) is 2.31. The Hall–Kier alpha value is -4.43. The minimum absolute atomic E-state index is 0.316. The van der Waals surface area contributed by atoms with Crippen LogP contribution in [0.2, 0.25) is 0 Å². The number of hydrogen-bond donors (Lipinski definition) is 0. The lowest BCUT2D eigenvalue weighted by Crippen LogP contribution is -2.43. The number of benzene rings is 5. The average Bonchev–Trinajstić information content (AvgIpc) is 3.51. The van der Waals surface area contributed by atoms with Crippen LogP contribution in [0.15, 0.2) is 126 Å². The van der Waals surface area contributed by atoms with Crippen molar-refractivity contribution in [3.63, 3.8) is 0 Å². The molecule has 4 heteroatoms. The van der Waals surface area contributed by atoms with Crippen LogP contribution < -0.4 is 9.64 Å². The van der Waals surface area contributed by atoms with Crippen LogP contribution in [-0.2, 0) is 12.8 Å². The lowest BCUT2D eigenvalue weighted by molar-refractivity contribution is -0.485. The van der Waals surface area contributed by atoms with Gasteiger partial charge in [-0.1, -0.05) is 111 Å². The van der Waals surface area contributed by atoms with E-state index in [1.165, 1.54) is 108 Å². The molecule has 7 aromatic rings. The quantitative estimate of drug-likeness (QED) is 0.0980. The Kier molecular flexibility index (Phi) is 7.14. The molecule has 0 saturated heterocycles. The van der Waals surface area contributed by atoms with Crippen molar-refractivity contribution in [1.82, 2.24) is 0 Å². The van der Waals surface area contributed by atoms with E-state index in [0.717, 1.165) is 24.8 Å². The number of unbranched alkanes of at least 4 members (excludes halogenated alkanes) is 3. The van der Waals surface area contributed by atoms with Gasteiger partial charge in [-0.2, -0.15) is 4.34 Å². The van der Waals surface area contributed by atoms with Crippen LogP contribution in [0.5, 0.6) is 0 Å². The second-order valence-electron chi connectivity index (χ2n) is 13.9. The zero-order valence-electron chi connectivity index (χ0n) is 27.9. The van der Waals surface area contributed by atoms with E-state index in [4.69, 9.17) is 4.42 Å². The maximum absolute atomic E-state index is 6.57. The Morgan fingerprint density at radius 2 is 1.55 bits per heavy atom. The summed E-state index contributed by atoms with van der Waals surface area (Å²) in [6, 6.07) is 44.0. The highest BCUT2D eigenvalue weighted by Crippen LogP contribution is 2.49. The van der Waals surface area contributed by atoms with Gasteiger partial charge in [0.05, 0.1) is 11.8 Å². The van der Waals surface area contributed by atoms with Gasteiger partial charge in [-0.3, -0.25) is 0 Å². The van der Waals surface area contributed by atoms with Crippen molar-refractivity contribution in [2.75, 3.05) is 0 Å². The zero-order chi connectivity index (χ0) is 32.5. The number of para-hydroxylation sites is 1. The first kappa shape index (κ1) is 29.5. The lowest BCUT2D eigenvalue weighted by atomic mass is 9.81. The molecule has 10 rings (SSSR count). The summed E-state index contributed by atoms with van der Waals surface area (Å²) in [4.78, 5) is 0. The molecule has 5 aromatic carbocycles. The van der Waals surface area contributed by atoms with Crippen molar-refractivity contribution >= 4 is 48.8 Å². The molecule has 0 fully saturated rings. The van der Waals surface area contributed by atoms with Crippen LogP contribution in [0.3, 0.4) is 0 Å². The van der Waals surface area contributed by atoms with Crippen LogP contribution in [0.1, 0.15) is 78.5 Å². The van der Waals surface area contributed by atoms with Crippen molar-refractivity contribution in [2.24, 2.45) is 0 Å². The molecule has 49 heavy (non-hydrogen) atoms. The van der Waals surface area contributed by atoms with Gasteiger partial charge in [-0.15, -0.1) is 0 Å². The number of aromatic nitrogens is 1.